The van der Waals surface area contributed by atoms with Crippen LogP contribution in [0, 0.1) is 11.7 Å². The topological polar surface area (TPSA) is 17.1 Å². The van der Waals surface area contributed by atoms with Crippen molar-refractivity contribution in [2.75, 3.05) is 0 Å². The fourth-order valence-electron chi connectivity index (χ4n) is 3.18. The van der Waals surface area contributed by atoms with Crippen molar-refractivity contribution >= 4 is 5.78 Å². The molecule has 2 rings (SSSR count). The maximum Gasteiger partial charge on any atom is 0.419 e. The molecule has 0 atom stereocenters. The SMILES string of the molecule is CCC(=O)c1ccc(C2CCC(C)CC2)c(F)c1C(F)(F)F. The van der Waals surface area contributed by atoms with E-state index in [-0.39, 0.29) is 17.9 Å². The Labute approximate surface area is 127 Å². The number of hydrogen-bond donors (Lipinski definition) is 0. The van der Waals surface area contributed by atoms with Crippen molar-refractivity contribution < 1.29 is 22.4 Å². The van der Waals surface area contributed by atoms with Crippen molar-refractivity contribution in [3.63, 3.8) is 0 Å². The highest BCUT2D eigenvalue weighted by Gasteiger charge is 2.40. The average Bonchev–Trinajstić information content (AvgIpc) is 2.46. The summed E-state index contributed by atoms with van der Waals surface area (Å²) < 4.78 is 54.2. The minimum Gasteiger partial charge on any atom is -0.294 e. The van der Waals surface area contributed by atoms with Gasteiger partial charge in [-0.05, 0) is 30.2 Å². The van der Waals surface area contributed by atoms with E-state index in [4.69, 9.17) is 0 Å². The number of carbonyl (C=O) groups excluding carboxylic acids is 1. The third kappa shape index (κ3) is 3.33. The van der Waals surface area contributed by atoms with Crippen LogP contribution in [0.1, 0.15) is 73.4 Å². The van der Waals surface area contributed by atoms with Crippen LogP contribution in [0.3, 0.4) is 0 Å². The highest BCUT2D eigenvalue weighted by atomic mass is 19.4. The van der Waals surface area contributed by atoms with Crippen LogP contribution in [0.4, 0.5) is 17.6 Å². The molecular weight excluding hydrogens is 296 g/mol. The lowest BCUT2D eigenvalue weighted by Crippen LogP contribution is -2.19. The van der Waals surface area contributed by atoms with Crippen molar-refractivity contribution in [1.29, 1.82) is 0 Å². The molecule has 0 heterocycles. The molecule has 5 heteroatoms. The lowest BCUT2D eigenvalue weighted by Gasteiger charge is -2.28. The fraction of sp³-hybridized carbons (Fsp3) is 0.588. The molecule has 0 aromatic heterocycles. The van der Waals surface area contributed by atoms with Crippen LogP contribution in [-0.2, 0) is 6.18 Å². The summed E-state index contributed by atoms with van der Waals surface area (Å²) in [6.07, 6.45) is -1.78. The van der Waals surface area contributed by atoms with Crippen LogP contribution < -0.4 is 0 Å². The molecule has 1 aromatic rings. The van der Waals surface area contributed by atoms with Crippen molar-refractivity contribution in [1.82, 2.24) is 0 Å². The van der Waals surface area contributed by atoms with Crippen LogP contribution in [0.25, 0.3) is 0 Å². The van der Waals surface area contributed by atoms with E-state index in [1.165, 1.54) is 13.0 Å². The van der Waals surface area contributed by atoms with E-state index in [1.807, 2.05) is 0 Å². The van der Waals surface area contributed by atoms with Crippen molar-refractivity contribution in [2.24, 2.45) is 5.92 Å². The fourth-order valence-corrected chi connectivity index (χ4v) is 3.18. The second-order valence-corrected chi connectivity index (χ2v) is 6.12. The Bertz CT molecular complexity index is 555. The van der Waals surface area contributed by atoms with E-state index < -0.39 is 28.9 Å². The summed E-state index contributed by atoms with van der Waals surface area (Å²) in [4.78, 5) is 11.7. The molecule has 22 heavy (non-hydrogen) atoms. The number of carbonyl (C=O) groups is 1. The highest BCUT2D eigenvalue weighted by molar-refractivity contribution is 5.97. The van der Waals surface area contributed by atoms with Crippen LogP contribution in [0.2, 0.25) is 0 Å². The summed E-state index contributed by atoms with van der Waals surface area (Å²) in [5.41, 5.74) is -1.84. The zero-order valence-corrected chi connectivity index (χ0v) is 12.8. The molecule has 0 saturated heterocycles. The summed E-state index contributed by atoms with van der Waals surface area (Å²) in [6, 6.07) is 2.51. The molecule has 1 fully saturated rings. The summed E-state index contributed by atoms with van der Waals surface area (Å²) in [6.45, 7) is 3.56. The third-order valence-corrected chi connectivity index (χ3v) is 4.53. The standard InChI is InChI=1S/C17H20F4O/c1-3-14(22)13-9-8-12(11-6-4-10(2)5-7-11)16(18)15(13)17(19,20)21/h8-11H,3-7H2,1-2H3. The molecule has 0 radical (unpaired) electrons. The van der Waals surface area contributed by atoms with E-state index in [0.29, 0.717) is 18.8 Å². The van der Waals surface area contributed by atoms with Gasteiger partial charge in [-0.2, -0.15) is 13.2 Å². The van der Waals surface area contributed by atoms with Gasteiger partial charge in [0.25, 0.3) is 0 Å². The van der Waals surface area contributed by atoms with Crippen LogP contribution in [0.15, 0.2) is 12.1 Å². The molecule has 0 amide bonds. The number of rotatable bonds is 3. The lowest BCUT2D eigenvalue weighted by molar-refractivity contribution is -0.140. The van der Waals surface area contributed by atoms with Crippen LogP contribution in [0.5, 0.6) is 0 Å². The summed E-state index contributed by atoms with van der Waals surface area (Å²) in [5.74, 6) is -1.60. The van der Waals surface area contributed by atoms with E-state index >= 15 is 0 Å². The van der Waals surface area contributed by atoms with Gasteiger partial charge in [0.1, 0.15) is 11.4 Å². The van der Waals surface area contributed by atoms with Crippen molar-refractivity contribution in [2.45, 2.75) is 58.0 Å². The maximum atomic E-state index is 14.5. The first-order valence-electron chi connectivity index (χ1n) is 7.68. The molecule has 0 N–H and O–H groups in total. The summed E-state index contributed by atoms with van der Waals surface area (Å²) in [7, 11) is 0. The molecular formula is C17H20F4O. The van der Waals surface area contributed by atoms with Gasteiger partial charge in [0.15, 0.2) is 5.78 Å². The number of Topliss-reactive ketones (excluding diaryl/α,β-unsaturated/α-hetero) is 1. The zero-order chi connectivity index (χ0) is 16.5. The molecule has 1 aliphatic rings. The summed E-state index contributed by atoms with van der Waals surface area (Å²) in [5, 5.41) is 0. The first-order valence-corrected chi connectivity index (χ1v) is 7.68. The van der Waals surface area contributed by atoms with Gasteiger partial charge in [-0.25, -0.2) is 4.39 Å². The normalized spacial score (nSPS) is 22.6. The minimum atomic E-state index is -4.86. The summed E-state index contributed by atoms with van der Waals surface area (Å²) >= 11 is 0. The number of halogens is 4. The largest absolute Gasteiger partial charge is 0.419 e. The van der Waals surface area contributed by atoms with E-state index in [0.717, 1.165) is 18.9 Å². The Balaban J connectivity index is 2.48. The molecule has 122 valence electrons. The first kappa shape index (κ1) is 17.0. The predicted molar refractivity (Wildman–Crippen MR) is 76.4 cm³/mol. The number of hydrogen-bond acceptors (Lipinski definition) is 1. The quantitative estimate of drug-likeness (QED) is 0.514. The lowest BCUT2D eigenvalue weighted by atomic mass is 9.78. The molecule has 0 bridgehead atoms. The Morgan fingerprint density at radius 2 is 1.77 bits per heavy atom. The van der Waals surface area contributed by atoms with Gasteiger partial charge in [-0.3, -0.25) is 4.79 Å². The Morgan fingerprint density at radius 1 is 1.18 bits per heavy atom. The molecule has 0 unspecified atom stereocenters. The van der Waals surface area contributed by atoms with Gasteiger partial charge in [-0.15, -0.1) is 0 Å². The number of benzene rings is 1. The van der Waals surface area contributed by atoms with E-state index in [1.54, 1.807) is 0 Å². The molecule has 0 aliphatic heterocycles. The zero-order valence-electron chi connectivity index (χ0n) is 12.8. The van der Waals surface area contributed by atoms with E-state index in [2.05, 4.69) is 6.92 Å². The Hall–Kier alpha value is -1.39. The van der Waals surface area contributed by atoms with Gasteiger partial charge < -0.3 is 0 Å². The molecule has 0 spiro atoms. The Kier molecular flexibility index (Phi) is 4.93. The minimum absolute atomic E-state index is 0.0805. The van der Waals surface area contributed by atoms with E-state index in [9.17, 15) is 22.4 Å². The molecule has 1 aliphatic carbocycles. The van der Waals surface area contributed by atoms with Gasteiger partial charge in [0.2, 0.25) is 0 Å². The van der Waals surface area contributed by atoms with Gasteiger partial charge in [0.05, 0.1) is 0 Å². The van der Waals surface area contributed by atoms with Gasteiger partial charge >= 0.3 is 6.18 Å². The van der Waals surface area contributed by atoms with Crippen LogP contribution >= 0.6 is 0 Å². The second kappa shape index (κ2) is 6.39. The van der Waals surface area contributed by atoms with Gasteiger partial charge in [0, 0.05) is 12.0 Å². The van der Waals surface area contributed by atoms with Crippen molar-refractivity contribution in [3.05, 3.63) is 34.6 Å². The molecule has 1 nitrogen and oxygen atoms in total. The molecule has 1 saturated carbocycles. The van der Waals surface area contributed by atoms with Crippen LogP contribution in [-0.4, -0.2) is 5.78 Å². The second-order valence-electron chi connectivity index (χ2n) is 6.12. The highest BCUT2D eigenvalue weighted by Crippen LogP contribution is 2.41. The molecule has 1 aromatic carbocycles. The number of ketones is 1. The monoisotopic (exact) mass is 316 g/mol. The van der Waals surface area contributed by atoms with Gasteiger partial charge in [-0.1, -0.05) is 38.8 Å². The maximum absolute atomic E-state index is 14.5. The average molecular weight is 316 g/mol. The predicted octanol–water partition coefficient (Wildman–Crippen LogP) is 5.73. The number of alkyl halides is 3. The third-order valence-electron chi connectivity index (χ3n) is 4.53. The van der Waals surface area contributed by atoms with Crippen molar-refractivity contribution in [3.8, 4) is 0 Å². The first-order chi connectivity index (χ1) is 10.3. The Morgan fingerprint density at radius 3 is 2.27 bits per heavy atom. The smallest absolute Gasteiger partial charge is 0.294 e.